The molecule has 9 rings (SSSR count). The van der Waals surface area contributed by atoms with E-state index in [2.05, 4.69) is 15.9 Å². The predicted octanol–water partition coefficient (Wildman–Crippen LogP) is 4.23. The minimum atomic E-state index is -1.59. The highest BCUT2D eigenvalue weighted by atomic mass is 35.5. The number of nitrogens with zero attached hydrogens (tertiary/aromatic N) is 3. The Kier molecular flexibility index (Phi) is 5.49. The molecule has 0 radical (unpaired) electrons. The van der Waals surface area contributed by atoms with Crippen molar-refractivity contribution >= 4 is 40.8 Å². The van der Waals surface area contributed by atoms with Crippen LogP contribution in [0, 0.1) is 35.0 Å². The lowest BCUT2D eigenvalue weighted by Gasteiger charge is -2.61. The molecule has 0 amide bonds. The Balaban J connectivity index is 1.07. The molecule has 0 spiro atoms. The topological polar surface area (TPSA) is 137 Å². The first-order chi connectivity index (χ1) is 18.7. The summed E-state index contributed by atoms with van der Waals surface area (Å²) in [6, 6.07) is 1.73. The normalized spacial score (nSPS) is 36.9. The quantitative estimate of drug-likeness (QED) is 0.285. The molecule has 0 aromatic carbocycles. The van der Waals surface area contributed by atoms with E-state index in [0.717, 1.165) is 50.4 Å². The van der Waals surface area contributed by atoms with Gasteiger partial charge in [0.05, 0.1) is 5.39 Å². The number of nitrogens with two attached hydrogens (primary N) is 1. The number of hydrogen-bond acceptors (Lipinski definition) is 10. The number of carbonyl (C=O) groups excluding carboxylic acids is 2. The fourth-order valence-electron chi connectivity index (χ4n) is 7.06. The maximum absolute atomic E-state index is 12.7. The minimum absolute atomic E-state index is 0.0269. The van der Waals surface area contributed by atoms with E-state index >= 15 is 0 Å². The second kappa shape index (κ2) is 8.63. The molecule has 6 aliphatic carbocycles. The van der Waals surface area contributed by atoms with E-state index in [1.54, 1.807) is 16.8 Å². The highest BCUT2D eigenvalue weighted by molar-refractivity contribution is 6.28. The third-order valence-corrected chi connectivity index (χ3v) is 9.55. The van der Waals surface area contributed by atoms with Gasteiger partial charge in [-0.2, -0.15) is 4.98 Å². The standard InChI is InChI=1S/C27H29ClN4O7/c1-2-27(14-37-23(33)35-12-25-6-15(7-25)8-25)18(38-24(34)36-13-26-9-16(10-26)11-26)5-19(39-27)32-4-3-17-20(29)30-22(28)31-21(17)32/h1,3-4,15-16,18-19H,5-14H2,(H2,29,30,31)/t15?,16?,18-,19+,25?,26?,27+/m0/s1. The van der Waals surface area contributed by atoms with Gasteiger partial charge < -0.3 is 34.0 Å². The van der Waals surface area contributed by atoms with Crippen molar-refractivity contribution in [2.24, 2.45) is 22.7 Å². The lowest BCUT2D eigenvalue weighted by Crippen LogP contribution is -2.55. The molecule has 11 nitrogen and oxygen atoms in total. The zero-order valence-corrected chi connectivity index (χ0v) is 22.0. The molecule has 0 unspecified atom stereocenters. The molecular weight excluding hydrogens is 528 g/mol. The number of nitrogen functional groups attached to an aromatic ring is 1. The summed E-state index contributed by atoms with van der Waals surface area (Å²) in [6.45, 7) is 0.251. The Morgan fingerprint density at radius 2 is 1.67 bits per heavy atom. The van der Waals surface area contributed by atoms with Crippen molar-refractivity contribution in [3.63, 3.8) is 0 Å². The van der Waals surface area contributed by atoms with E-state index in [0.29, 0.717) is 24.2 Å². The van der Waals surface area contributed by atoms with Gasteiger partial charge in [0.1, 0.15) is 37.5 Å². The number of aromatic nitrogens is 3. The van der Waals surface area contributed by atoms with Gasteiger partial charge in [0, 0.05) is 23.4 Å². The Bertz CT molecular complexity index is 1370. The van der Waals surface area contributed by atoms with Crippen LogP contribution in [0.2, 0.25) is 5.28 Å². The van der Waals surface area contributed by atoms with Gasteiger partial charge in [-0.15, -0.1) is 6.42 Å². The summed E-state index contributed by atoms with van der Waals surface area (Å²) >= 11 is 6.05. The number of rotatable bonds is 8. The fraction of sp³-hybridized carbons (Fsp3) is 0.630. The lowest BCUT2D eigenvalue weighted by atomic mass is 9.45. The van der Waals surface area contributed by atoms with Crippen LogP contribution < -0.4 is 5.73 Å². The molecular formula is C27H29ClN4O7. The Morgan fingerprint density at radius 3 is 2.26 bits per heavy atom. The van der Waals surface area contributed by atoms with Gasteiger partial charge in [0.2, 0.25) is 10.9 Å². The van der Waals surface area contributed by atoms with Crippen molar-refractivity contribution in [3.05, 3.63) is 17.5 Å². The molecule has 2 aromatic rings. The predicted molar refractivity (Wildman–Crippen MR) is 136 cm³/mol. The number of terminal acetylenes is 1. The minimum Gasteiger partial charge on any atom is -0.434 e. The maximum Gasteiger partial charge on any atom is 0.508 e. The van der Waals surface area contributed by atoms with Crippen LogP contribution in [0.3, 0.4) is 0 Å². The van der Waals surface area contributed by atoms with Crippen LogP contribution in [0.1, 0.15) is 51.2 Å². The highest BCUT2D eigenvalue weighted by Gasteiger charge is 2.58. The van der Waals surface area contributed by atoms with E-state index in [9.17, 15) is 9.59 Å². The van der Waals surface area contributed by atoms with Crippen LogP contribution in [-0.4, -0.2) is 58.4 Å². The summed E-state index contributed by atoms with van der Waals surface area (Å²) < 4.78 is 29.9. The summed E-state index contributed by atoms with van der Waals surface area (Å²) in [5, 5.41) is 0.547. The van der Waals surface area contributed by atoms with E-state index in [1.807, 2.05) is 0 Å². The first-order valence-corrected chi connectivity index (χ1v) is 13.7. The van der Waals surface area contributed by atoms with Gasteiger partial charge in [-0.3, -0.25) is 0 Å². The second-order valence-corrected chi connectivity index (χ2v) is 12.4. The monoisotopic (exact) mass is 556 g/mol. The number of anilines is 1. The second-order valence-electron chi connectivity index (χ2n) is 12.1. The smallest absolute Gasteiger partial charge is 0.434 e. The number of halogens is 1. The van der Waals surface area contributed by atoms with Crippen LogP contribution in [0.5, 0.6) is 0 Å². The largest absolute Gasteiger partial charge is 0.508 e. The number of carbonyl (C=O) groups is 2. The first-order valence-electron chi connectivity index (χ1n) is 13.3. The molecule has 2 aromatic heterocycles. The van der Waals surface area contributed by atoms with Crippen molar-refractivity contribution in [3.8, 4) is 12.3 Å². The number of hydrogen-bond donors (Lipinski definition) is 1. The molecule has 1 aliphatic heterocycles. The molecule has 206 valence electrons. The van der Waals surface area contributed by atoms with Gasteiger partial charge >= 0.3 is 12.3 Å². The number of ether oxygens (including phenoxy) is 5. The van der Waals surface area contributed by atoms with Crippen molar-refractivity contribution in [1.29, 1.82) is 0 Å². The molecule has 7 fully saturated rings. The molecule has 7 aliphatic rings. The Morgan fingerprint density at radius 1 is 1.05 bits per heavy atom. The van der Waals surface area contributed by atoms with Crippen molar-refractivity contribution in [2.75, 3.05) is 25.6 Å². The third-order valence-electron chi connectivity index (χ3n) is 9.38. The first kappa shape index (κ1) is 24.8. The van der Waals surface area contributed by atoms with Gasteiger partial charge in [-0.1, -0.05) is 5.92 Å². The fourth-order valence-corrected chi connectivity index (χ4v) is 7.23. The lowest BCUT2D eigenvalue weighted by molar-refractivity contribution is -0.155. The summed E-state index contributed by atoms with van der Waals surface area (Å²) in [4.78, 5) is 33.5. The van der Waals surface area contributed by atoms with E-state index in [4.69, 9.17) is 47.4 Å². The molecule has 2 N–H and O–H groups in total. The van der Waals surface area contributed by atoms with Crippen LogP contribution in [0.4, 0.5) is 15.4 Å². The van der Waals surface area contributed by atoms with Crippen LogP contribution >= 0.6 is 11.6 Å². The van der Waals surface area contributed by atoms with Gasteiger partial charge in [-0.25, -0.2) is 14.6 Å². The van der Waals surface area contributed by atoms with Crippen molar-refractivity contribution < 1.29 is 33.3 Å². The van der Waals surface area contributed by atoms with Gasteiger partial charge in [0.25, 0.3) is 0 Å². The summed E-state index contributed by atoms with van der Waals surface area (Å²) in [6.07, 6.45) is 10.9. The van der Waals surface area contributed by atoms with Crippen molar-refractivity contribution in [1.82, 2.24) is 14.5 Å². The van der Waals surface area contributed by atoms with E-state index < -0.39 is 30.2 Å². The van der Waals surface area contributed by atoms with Gasteiger partial charge in [0.15, 0.2) is 6.10 Å². The average molecular weight is 557 g/mol. The van der Waals surface area contributed by atoms with Crippen LogP contribution in [0.15, 0.2) is 12.3 Å². The third kappa shape index (κ3) is 4.07. The molecule has 3 atom stereocenters. The molecule has 39 heavy (non-hydrogen) atoms. The van der Waals surface area contributed by atoms with E-state index in [1.165, 1.54) is 0 Å². The number of fused-ring (bicyclic) bond motifs is 1. The summed E-state index contributed by atoms with van der Waals surface area (Å²) in [7, 11) is 0. The maximum atomic E-state index is 12.7. The Labute approximate surface area is 229 Å². The average Bonchev–Trinajstić information content (AvgIpc) is 3.36. The van der Waals surface area contributed by atoms with E-state index in [-0.39, 0.29) is 35.0 Å². The summed E-state index contributed by atoms with van der Waals surface area (Å²) in [5.74, 6) is 4.31. The Hall–Kier alpha value is -3.23. The van der Waals surface area contributed by atoms with Gasteiger partial charge in [-0.05, 0) is 68.0 Å². The van der Waals surface area contributed by atoms with Crippen LogP contribution in [-0.2, 0) is 23.7 Å². The molecule has 4 bridgehead atoms. The molecule has 3 heterocycles. The zero-order chi connectivity index (χ0) is 27.0. The molecule has 12 heteroatoms. The van der Waals surface area contributed by atoms with Crippen LogP contribution in [0.25, 0.3) is 11.0 Å². The molecule has 6 saturated carbocycles. The van der Waals surface area contributed by atoms with Crippen molar-refractivity contribution in [2.45, 2.75) is 62.9 Å². The highest BCUT2D eigenvalue weighted by Crippen LogP contribution is 2.65. The SMILES string of the molecule is C#C[C@]1(COC(=O)OCC23CC(C2)C3)O[C@@H](n2ccc3c(N)nc(Cl)nc32)C[C@@H]1OC(=O)OCC12CC(C1)C2. The molecule has 1 saturated heterocycles. The summed E-state index contributed by atoms with van der Waals surface area (Å²) in [5.41, 5.74) is 5.05. The zero-order valence-electron chi connectivity index (χ0n) is 21.3.